The van der Waals surface area contributed by atoms with Gasteiger partial charge in [-0.15, -0.1) is 0 Å². The van der Waals surface area contributed by atoms with Gasteiger partial charge in [-0.2, -0.15) is 0 Å². The predicted molar refractivity (Wildman–Crippen MR) is 116 cm³/mol. The number of nitrogens with one attached hydrogen (secondary N) is 1. The molecule has 0 atom stereocenters. The highest BCUT2D eigenvalue weighted by Crippen LogP contribution is 2.33. The van der Waals surface area contributed by atoms with Crippen LogP contribution in [0.25, 0.3) is 10.8 Å². The van der Waals surface area contributed by atoms with E-state index in [0.717, 1.165) is 18.7 Å². The van der Waals surface area contributed by atoms with Crippen molar-refractivity contribution in [2.75, 3.05) is 20.1 Å². The minimum Gasteiger partial charge on any atom is -0.348 e. The van der Waals surface area contributed by atoms with Crippen molar-refractivity contribution < 1.29 is 4.79 Å². The largest absolute Gasteiger partial charge is 0.348 e. The molecule has 0 bridgehead atoms. The van der Waals surface area contributed by atoms with Crippen molar-refractivity contribution in [2.24, 2.45) is 0 Å². The van der Waals surface area contributed by atoms with Gasteiger partial charge in [-0.3, -0.25) is 4.79 Å². The van der Waals surface area contributed by atoms with E-state index in [1.807, 2.05) is 30.3 Å². The molecule has 3 aromatic carbocycles. The first-order valence-electron chi connectivity index (χ1n) is 9.84. The van der Waals surface area contributed by atoms with E-state index < -0.39 is 0 Å². The molecule has 0 unspecified atom stereocenters. The fourth-order valence-electron chi connectivity index (χ4n) is 4.00. The topological polar surface area (TPSA) is 32.3 Å². The molecule has 1 fully saturated rings. The van der Waals surface area contributed by atoms with Crippen LogP contribution in [0.4, 0.5) is 0 Å². The van der Waals surface area contributed by atoms with Gasteiger partial charge in [-0.1, -0.05) is 48.0 Å². The number of hydrogen-bond donors (Lipinski definition) is 1. The van der Waals surface area contributed by atoms with Crippen LogP contribution in [0.15, 0.2) is 60.7 Å². The molecule has 3 aromatic rings. The van der Waals surface area contributed by atoms with Crippen LogP contribution in [0.2, 0.25) is 5.02 Å². The third-order valence-corrected chi connectivity index (χ3v) is 5.95. The lowest BCUT2D eigenvalue weighted by molar-refractivity contribution is 0.0951. The van der Waals surface area contributed by atoms with Crippen LogP contribution in [0, 0.1) is 0 Å². The van der Waals surface area contributed by atoms with Gasteiger partial charge in [0.2, 0.25) is 0 Å². The number of nitrogens with zero attached hydrogens (tertiary/aromatic N) is 1. The van der Waals surface area contributed by atoms with Gasteiger partial charge >= 0.3 is 0 Å². The van der Waals surface area contributed by atoms with Crippen molar-refractivity contribution in [3.63, 3.8) is 0 Å². The second-order valence-corrected chi connectivity index (χ2v) is 8.11. The van der Waals surface area contributed by atoms with Gasteiger partial charge in [-0.25, -0.2) is 0 Å². The van der Waals surface area contributed by atoms with E-state index in [0.29, 0.717) is 23.0 Å². The van der Waals surface area contributed by atoms with Crippen LogP contribution in [0.5, 0.6) is 0 Å². The van der Waals surface area contributed by atoms with Crippen LogP contribution in [-0.4, -0.2) is 30.9 Å². The Balaban J connectivity index is 1.55. The van der Waals surface area contributed by atoms with Crippen LogP contribution < -0.4 is 5.32 Å². The lowest BCUT2D eigenvalue weighted by atomic mass is 9.86. The zero-order valence-electron chi connectivity index (χ0n) is 16.1. The van der Waals surface area contributed by atoms with Crippen molar-refractivity contribution in [1.82, 2.24) is 10.2 Å². The third-order valence-electron chi connectivity index (χ3n) is 5.70. The summed E-state index contributed by atoms with van der Waals surface area (Å²) in [5.74, 6) is 0.516. The average Bonchev–Trinajstić information content (AvgIpc) is 2.73. The second kappa shape index (κ2) is 8.34. The number of fused-ring (bicyclic) bond motifs is 1. The molecule has 1 amide bonds. The van der Waals surface area contributed by atoms with Gasteiger partial charge in [-0.05, 0) is 85.1 Å². The standard InChI is InChI=1S/C24H25ClN2O/c1-27-13-11-19(12-14-27)22-4-2-3-18-7-8-20(15-23(18)22)24(28)26-16-17-5-9-21(25)10-6-17/h2-10,15,19H,11-14,16H2,1H3,(H,26,28). The van der Waals surface area contributed by atoms with Crippen LogP contribution in [0.3, 0.4) is 0 Å². The lowest BCUT2D eigenvalue weighted by Gasteiger charge is -2.30. The summed E-state index contributed by atoms with van der Waals surface area (Å²) in [4.78, 5) is 15.1. The number of rotatable bonds is 4. The molecule has 4 rings (SSSR count). The lowest BCUT2D eigenvalue weighted by Crippen LogP contribution is -2.29. The number of amides is 1. The Kier molecular flexibility index (Phi) is 5.65. The zero-order chi connectivity index (χ0) is 19.5. The van der Waals surface area contributed by atoms with Crippen molar-refractivity contribution in [3.05, 3.63) is 82.4 Å². The molecule has 1 aliphatic heterocycles. The zero-order valence-corrected chi connectivity index (χ0v) is 16.9. The quantitative estimate of drug-likeness (QED) is 0.659. The van der Waals surface area contributed by atoms with Gasteiger partial charge in [0.05, 0.1) is 0 Å². The number of benzene rings is 3. The van der Waals surface area contributed by atoms with E-state index in [4.69, 9.17) is 11.6 Å². The maximum absolute atomic E-state index is 12.7. The smallest absolute Gasteiger partial charge is 0.251 e. The fraction of sp³-hybridized carbons (Fsp3) is 0.292. The first kappa shape index (κ1) is 19.0. The molecule has 1 heterocycles. The number of likely N-dealkylation sites (tertiary alicyclic amines) is 1. The summed E-state index contributed by atoms with van der Waals surface area (Å²) in [5.41, 5.74) is 3.12. The van der Waals surface area contributed by atoms with E-state index >= 15 is 0 Å². The van der Waals surface area contributed by atoms with Crippen LogP contribution in [0.1, 0.15) is 40.2 Å². The second-order valence-electron chi connectivity index (χ2n) is 7.67. The summed E-state index contributed by atoms with van der Waals surface area (Å²) in [6.45, 7) is 2.75. The highest BCUT2D eigenvalue weighted by Gasteiger charge is 2.20. The van der Waals surface area contributed by atoms with E-state index in [-0.39, 0.29) is 5.91 Å². The van der Waals surface area contributed by atoms with Crippen molar-refractivity contribution >= 4 is 28.3 Å². The maximum atomic E-state index is 12.7. The summed E-state index contributed by atoms with van der Waals surface area (Å²) < 4.78 is 0. The molecule has 0 spiro atoms. The number of hydrogen-bond acceptors (Lipinski definition) is 2. The average molecular weight is 393 g/mol. The molecule has 28 heavy (non-hydrogen) atoms. The Bertz CT molecular complexity index is 976. The molecule has 1 N–H and O–H groups in total. The highest BCUT2D eigenvalue weighted by molar-refractivity contribution is 6.30. The Hall–Kier alpha value is -2.36. The number of carbonyl (C=O) groups excluding carboxylic acids is 1. The van der Waals surface area contributed by atoms with Crippen molar-refractivity contribution in [1.29, 1.82) is 0 Å². The Labute approximate surface area is 171 Å². The van der Waals surface area contributed by atoms with E-state index in [1.165, 1.54) is 29.2 Å². The first-order valence-corrected chi connectivity index (χ1v) is 10.2. The molecule has 144 valence electrons. The molecule has 0 saturated carbocycles. The van der Waals surface area contributed by atoms with Crippen LogP contribution in [-0.2, 0) is 6.54 Å². The first-order chi connectivity index (χ1) is 13.6. The summed E-state index contributed by atoms with van der Waals surface area (Å²) in [6, 6.07) is 20.1. The number of halogens is 1. The van der Waals surface area contributed by atoms with Gasteiger partial charge in [0.1, 0.15) is 0 Å². The van der Waals surface area contributed by atoms with Gasteiger partial charge in [0.25, 0.3) is 5.91 Å². The summed E-state index contributed by atoms with van der Waals surface area (Å²) in [5, 5.41) is 6.12. The summed E-state index contributed by atoms with van der Waals surface area (Å²) in [7, 11) is 2.18. The molecule has 0 radical (unpaired) electrons. The van der Waals surface area contributed by atoms with E-state index in [9.17, 15) is 4.79 Å². The third kappa shape index (κ3) is 4.21. The van der Waals surface area contributed by atoms with Gasteiger partial charge in [0, 0.05) is 17.1 Å². The monoisotopic (exact) mass is 392 g/mol. The molecule has 4 heteroatoms. The minimum absolute atomic E-state index is 0.0463. The Morgan fingerprint density at radius 2 is 1.82 bits per heavy atom. The molecule has 0 aromatic heterocycles. The number of piperidine rings is 1. The summed E-state index contributed by atoms with van der Waals surface area (Å²) in [6.07, 6.45) is 2.34. The normalized spacial score (nSPS) is 15.6. The Morgan fingerprint density at radius 3 is 2.57 bits per heavy atom. The minimum atomic E-state index is -0.0463. The molecular formula is C24H25ClN2O. The van der Waals surface area contributed by atoms with Crippen LogP contribution >= 0.6 is 11.6 Å². The van der Waals surface area contributed by atoms with E-state index in [2.05, 4.69) is 47.6 Å². The summed E-state index contributed by atoms with van der Waals surface area (Å²) >= 11 is 5.92. The molecule has 3 nitrogen and oxygen atoms in total. The molecule has 0 aliphatic carbocycles. The predicted octanol–water partition coefficient (Wildman–Crippen LogP) is 5.23. The molecule has 1 aliphatic rings. The SMILES string of the molecule is CN1CCC(c2cccc3ccc(C(=O)NCc4ccc(Cl)cc4)cc23)CC1. The van der Waals surface area contributed by atoms with E-state index in [1.54, 1.807) is 0 Å². The maximum Gasteiger partial charge on any atom is 0.251 e. The highest BCUT2D eigenvalue weighted by atomic mass is 35.5. The Morgan fingerprint density at radius 1 is 1.07 bits per heavy atom. The van der Waals surface area contributed by atoms with Gasteiger partial charge < -0.3 is 10.2 Å². The fourth-order valence-corrected chi connectivity index (χ4v) is 4.13. The van der Waals surface area contributed by atoms with Gasteiger partial charge in [0.15, 0.2) is 0 Å². The molecule has 1 saturated heterocycles. The van der Waals surface area contributed by atoms with Crippen molar-refractivity contribution in [3.8, 4) is 0 Å². The van der Waals surface area contributed by atoms with Crippen molar-refractivity contribution in [2.45, 2.75) is 25.3 Å². The molecular weight excluding hydrogens is 368 g/mol. The number of carbonyl (C=O) groups is 1.